The number of hydrogen-bond donors (Lipinski definition) is 0. The Hall–Kier alpha value is -2.66. The van der Waals surface area contributed by atoms with E-state index in [0.29, 0.717) is 17.7 Å². The number of carbonyl (C=O) groups is 2. The zero-order valence-electron chi connectivity index (χ0n) is 14.7. The van der Waals surface area contributed by atoms with Crippen molar-refractivity contribution in [3.8, 4) is 0 Å². The van der Waals surface area contributed by atoms with Gasteiger partial charge in [-0.15, -0.1) is 0 Å². The molecule has 5 nitrogen and oxygen atoms in total. The van der Waals surface area contributed by atoms with Crippen molar-refractivity contribution in [1.82, 2.24) is 0 Å². The number of ether oxygens (including phenoxy) is 3. The molecule has 2 aromatic rings. The molecular weight excluding hydrogens is 320 g/mol. The van der Waals surface area contributed by atoms with Crippen LogP contribution in [0.2, 0.25) is 0 Å². The van der Waals surface area contributed by atoms with Gasteiger partial charge in [0.1, 0.15) is 6.10 Å². The highest BCUT2D eigenvalue weighted by molar-refractivity contribution is 5.89. The van der Waals surface area contributed by atoms with Crippen molar-refractivity contribution >= 4 is 11.9 Å². The summed E-state index contributed by atoms with van der Waals surface area (Å²) in [5.74, 6) is -0.750. The standard InChI is InChI=1S/C20H22O5/c1-4-13-25-18(14-5-9-16(10-6-14)19(21)23-2)15-7-11-17(12-8-15)20(22)24-3/h5-12,18H,4,13H2,1-3H3. The first kappa shape index (κ1) is 18.7. The Kier molecular flexibility index (Phi) is 6.71. The number of hydrogen-bond acceptors (Lipinski definition) is 5. The molecule has 0 radical (unpaired) electrons. The predicted molar refractivity (Wildman–Crippen MR) is 93.6 cm³/mol. The van der Waals surface area contributed by atoms with Crippen LogP contribution in [-0.4, -0.2) is 32.8 Å². The molecule has 0 bridgehead atoms. The second-order valence-electron chi connectivity index (χ2n) is 5.48. The molecule has 0 heterocycles. The van der Waals surface area contributed by atoms with E-state index in [1.165, 1.54) is 14.2 Å². The molecule has 0 fully saturated rings. The Morgan fingerprint density at radius 2 is 1.20 bits per heavy atom. The number of esters is 2. The largest absolute Gasteiger partial charge is 0.465 e. The Morgan fingerprint density at radius 1 is 0.800 bits per heavy atom. The average molecular weight is 342 g/mol. The van der Waals surface area contributed by atoms with Crippen LogP contribution in [0.4, 0.5) is 0 Å². The van der Waals surface area contributed by atoms with Gasteiger partial charge in [0.15, 0.2) is 0 Å². The molecule has 0 unspecified atom stereocenters. The number of carbonyl (C=O) groups excluding carboxylic acids is 2. The molecule has 0 aliphatic carbocycles. The smallest absolute Gasteiger partial charge is 0.337 e. The van der Waals surface area contributed by atoms with Gasteiger partial charge in [0.2, 0.25) is 0 Å². The van der Waals surface area contributed by atoms with Gasteiger partial charge in [0, 0.05) is 6.61 Å². The van der Waals surface area contributed by atoms with Crippen molar-refractivity contribution in [3.63, 3.8) is 0 Å². The van der Waals surface area contributed by atoms with Gasteiger partial charge in [0.25, 0.3) is 0 Å². The summed E-state index contributed by atoms with van der Waals surface area (Å²) >= 11 is 0. The highest BCUT2D eigenvalue weighted by atomic mass is 16.5. The summed E-state index contributed by atoms with van der Waals surface area (Å²) in [4.78, 5) is 23.1. The van der Waals surface area contributed by atoms with E-state index in [1.54, 1.807) is 24.3 Å². The molecule has 5 heteroatoms. The zero-order chi connectivity index (χ0) is 18.2. The van der Waals surface area contributed by atoms with E-state index in [0.717, 1.165) is 17.5 Å². The van der Waals surface area contributed by atoms with E-state index in [1.807, 2.05) is 31.2 Å². The Morgan fingerprint density at radius 3 is 1.52 bits per heavy atom. The Balaban J connectivity index is 2.29. The van der Waals surface area contributed by atoms with Crippen LogP contribution in [0.5, 0.6) is 0 Å². The fraction of sp³-hybridized carbons (Fsp3) is 0.300. The molecule has 25 heavy (non-hydrogen) atoms. The molecule has 0 atom stereocenters. The predicted octanol–water partition coefficient (Wildman–Crippen LogP) is 3.78. The first-order valence-corrected chi connectivity index (χ1v) is 8.08. The fourth-order valence-corrected chi connectivity index (χ4v) is 2.44. The highest BCUT2D eigenvalue weighted by Gasteiger charge is 2.16. The molecule has 0 saturated heterocycles. The quantitative estimate of drug-likeness (QED) is 0.717. The summed E-state index contributed by atoms with van der Waals surface area (Å²) in [6, 6.07) is 14.3. The van der Waals surface area contributed by atoms with Gasteiger partial charge in [-0.05, 0) is 41.8 Å². The topological polar surface area (TPSA) is 61.8 Å². The first-order valence-electron chi connectivity index (χ1n) is 8.08. The second-order valence-corrected chi connectivity index (χ2v) is 5.48. The van der Waals surface area contributed by atoms with E-state index < -0.39 is 0 Å². The molecule has 2 rings (SSSR count). The molecule has 132 valence electrons. The third kappa shape index (κ3) is 4.67. The molecule has 0 aliphatic rings. The normalized spacial score (nSPS) is 10.6. The lowest BCUT2D eigenvalue weighted by Crippen LogP contribution is -2.09. The summed E-state index contributed by atoms with van der Waals surface area (Å²) in [5.41, 5.74) is 2.82. The summed E-state index contributed by atoms with van der Waals surface area (Å²) in [6.45, 7) is 2.64. The fourth-order valence-electron chi connectivity index (χ4n) is 2.44. The lowest BCUT2D eigenvalue weighted by Gasteiger charge is -2.19. The SMILES string of the molecule is CCCOC(c1ccc(C(=O)OC)cc1)c1ccc(C(=O)OC)cc1. The van der Waals surface area contributed by atoms with E-state index in [9.17, 15) is 9.59 Å². The molecule has 0 N–H and O–H groups in total. The molecule has 2 aromatic carbocycles. The van der Waals surface area contributed by atoms with E-state index >= 15 is 0 Å². The molecule has 0 saturated carbocycles. The maximum Gasteiger partial charge on any atom is 0.337 e. The van der Waals surface area contributed by atoms with Crippen molar-refractivity contribution < 1.29 is 23.8 Å². The average Bonchev–Trinajstić information content (AvgIpc) is 2.68. The van der Waals surface area contributed by atoms with Crippen molar-refractivity contribution in [2.45, 2.75) is 19.4 Å². The van der Waals surface area contributed by atoms with Gasteiger partial charge in [-0.3, -0.25) is 0 Å². The minimum atomic E-state index is -0.375. The van der Waals surface area contributed by atoms with Crippen LogP contribution in [0.25, 0.3) is 0 Å². The number of rotatable bonds is 7. The zero-order valence-corrected chi connectivity index (χ0v) is 14.7. The van der Waals surface area contributed by atoms with Gasteiger partial charge in [0.05, 0.1) is 25.3 Å². The van der Waals surface area contributed by atoms with Crippen LogP contribution in [0.1, 0.15) is 51.3 Å². The van der Waals surface area contributed by atoms with Crippen LogP contribution in [0.15, 0.2) is 48.5 Å². The number of methoxy groups -OCH3 is 2. The van der Waals surface area contributed by atoms with Gasteiger partial charge < -0.3 is 14.2 Å². The van der Waals surface area contributed by atoms with Crippen LogP contribution in [0, 0.1) is 0 Å². The van der Waals surface area contributed by atoms with Gasteiger partial charge in [-0.25, -0.2) is 9.59 Å². The van der Waals surface area contributed by atoms with Crippen molar-refractivity contribution in [2.24, 2.45) is 0 Å². The summed E-state index contributed by atoms with van der Waals surface area (Å²) < 4.78 is 15.4. The minimum Gasteiger partial charge on any atom is -0.465 e. The second kappa shape index (κ2) is 8.99. The molecule has 0 amide bonds. The summed E-state index contributed by atoms with van der Waals surface area (Å²) in [5, 5.41) is 0. The van der Waals surface area contributed by atoms with E-state index in [4.69, 9.17) is 14.2 Å². The molecule has 0 aromatic heterocycles. The maximum atomic E-state index is 11.6. The van der Waals surface area contributed by atoms with Crippen LogP contribution >= 0.6 is 0 Å². The Bertz CT molecular complexity index is 644. The van der Waals surface area contributed by atoms with Gasteiger partial charge in [-0.1, -0.05) is 31.2 Å². The monoisotopic (exact) mass is 342 g/mol. The Labute approximate surface area is 147 Å². The van der Waals surface area contributed by atoms with Crippen molar-refractivity contribution in [2.75, 3.05) is 20.8 Å². The lowest BCUT2D eigenvalue weighted by atomic mass is 9.99. The first-order chi connectivity index (χ1) is 12.1. The van der Waals surface area contributed by atoms with Gasteiger partial charge in [-0.2, -0.15) is 0 Å². The maximum absolute atomic E-state index is 11.6. The third-order valence-electron chi connectivity index (χ3n) is 3.76. The minimum absolute atomic E-state index is 0.279. The number of benzene rings is 2. The van der Waals surface area contributed by atoms with Crippen LogP contribution < -0.4 is 0 Å². The highest BCUT2D eigenvalue weighted by Crippen LogP contribution is 2.27. The van der Waals surface area contributed by atoms with Crippen LogP contribution in [-0.2, 0) is 14.2 Å². The summed E-state index contributed by atoms with van der Waals surface area (Å²) in [6.07, 6.45) is 0.607. The molecular formula is C20H22O5. The van der Waals surface area contributed by atoms with Crippen LogP contribution in [0.3, 0.4) is 0 Å². The van der Waals surface area contributed by atoms with Crippen molar-refractivity contribution in [3.05, 3.63) is 70.8 Å². The molecule has 0 spiro atoms. The van der Waals surface area contributed by atoms with E-state index in [-0.39, 0.29) is 18.0 Å². The molecule has 0 aliphatic heterocycles. The van der Waals surface area contributed by atoms with Gasteiger partial charge >= 0.3 is 11.9 Å². The summed E-state index contributed by atoms with van der Waals surface area (Å²) in [7, 11) is 2.71. The third-order valence-corrected chi connectivity index (χ3v) is 3.76. The lowest BCUT2D eigenvalue weighted by molar-refractivity contribution is 0.0592. The van der Waals surface area contributed by atoms with Crippen molar-refractivity contribution in [1.29, 1.82) is 0 Å². The van der Waals surface area contributed by atoms with E-state index in [2.05, 4.69) is 0 Å².